The smallest absolute Gasteiger partial charge is 0.258 e. The van der Waals surface area contributed by atoms with Gasteiger partial charge in [-0.2, -0.15) is 0 Å². The van der Waals surface area contributed by atoms with Gasteiger partial charge in [-0.1, -0.05) is 49.2 Å². The fraction of sp³-hybridized carbons (Fsp3) is 0.292. The molecule has 0 atom stereocenters. The average molecular weight is 356 g/mol. The third-order valence-electron chi connectivity index (χ3n) is 6.02. The molecule has 0 unspecified atom stereocenters. The van der Waals surface area contributed by atoms with Crippen LogP contribution in [-0.4, -0.2) is 9.55 Å². The van der Waals surface area contributed by atoms with Crippen molar-refractivity contribution in [3.8, 4) is 0 Å². The summed E-state index contributed by atoms with van der Waals surface area (Å²) in [6.07, 6.45) is 5.78. The van der Waals surface area contributed by atoms with Crippen molar-refractivity contribution in [2.24, 2.45) is 0 Å². The standard InChI is InChI=1S/C24H24N2O/c27-24-21-11-5-3-9-18(21)16-23(17-7-1-2-8-17)26(24)14-13-20-15-19-10-4-6-12-22(19)25-20/h3-6,9-12,15-17,25H,1-2,7-8,13-14H2. The topological polar surface area (TPSA) is 37.8 Å². The molecule has 1 saturated carbocycles. The minimum atomic E-state index is 0.158. The van der Waals surface area contributed by atoms with Gasteiger partial charge in [-0.05, 0) is 53.8 Å². The normalized spacial score (nSPS) is 15.1. The van der Waals surface area contributed by atoms with Crippen molar-refractivity contribution < 1.29 is 0 Å². The second kappa shape index (κ2) is 6.73. The van der Waals surface area contributed by atoms with E-state index in [1.54, 1.807) is 0 Å². The van der Waals surface area contributed by atoms with Crippen LogP contribution in [0, 0.1) is 0 Å². The number of rotatable bonds is 4. The molecule has 0 spiro atoms. The molecule has 2 aromatic heterocycles. The number of aromatic amines is 1. The van der Waals surface area contributed by atoms with E-state index >= 15 is 0 Å². The van der Waals surface area contributed by atoms with Crippen molar-refractivity contribution in [3.63, 3.8) is 0 Å². The molecule has 1 aliphatic rings. The number of nitrogens with zero attached hydrogens (tertiary/aromatic N) is 1. The van der Waals surface area contributed by atoms with E-state index in [1.807, 2.05) is 22.8 Å². The van der Waals surface area contributed by atoms with Gasteiger partial charge >= 0.3 is 0 Å². The zero-order chi connectivity index (χ0) is 18.2. The van der Waals surface area contributed by atoms with Crippen LogP contribution in [-0.2, 0) is 13.0 Å². The summed E-state index contributed by atoms with van der Waals surface area (Å²) in [6, 6.07) is 20.8. The lowest BCUT2D eigenvalue weighted by molar-refractivity contribution is 0.576. The van der Waals surface area contributed by atoms with E-state index in [0.717, 1.165) is 29.3 Å². The molecule has 27 heavy (non-hydrogen) atoms. The van der Waals surface area contributed by atoms with Gasteiger partial charge in [0, 0.05) is 35.3 Å². The largest absolute Gasteiger partial charge is 0.358 e. The second-order valence-corrected chi connectivity index (χ2v) is 7.73. The number of nitrogens with one attached hydrogen (secondary N) is 1. The van der Waals surface area contributed by atoms with Gasteiger partial charge in [-0.3, -0.25) is 4.79 Å². The Morgan fingerprint density at radius 2 is 1.67 bits per heavy atom. The summed E-state index contributed by atoms with van der Waals surface area (Å²) < 4.78 is 2.05. The summed E-state index contributed by atoms with van der Waals surface area (Å²) in [4.78, 5) is 16.7. The molecule has 0 aliphatic heterocycles. The van der Waals surface area contributed by atoms with Crippen LogP contribution in [0.2, 0.25) is 0 Å². The monoisotopic (exact) mass is 356 g/mol. The van der Waals surface area contributed by atoms with Crippen LogP contribution in [0.5, 0.6) is 0 Å². The van der Waals surface area contributed by atoms with Gasteiger partial charge < -0.3 is 9.55 Å². The summed E-state index contributed by atoms with van der Waals surface area (Å²) in [7, 11) is 0. The van der Waals surface area contributed by atoms with Crippen LogP contribution in [0.1, 0.15) is 43.0 Å². The summed E-state index contributed by atoms with van der Waals surface area (Å²) in [6.45, 7) is 0.725. The van der Waals surface area contributed by atoms with Crippen LogP contribution >= 0.6 is 0 Å². The van der Waals surface area contributed by atoms with E-state index in [4.69, 9.17) is 0 Å². The molecule has 0 radical (unpaired) electrons. The SMILES string of the molecule is O=c1c2ccccc2cc(C2CCCC2)n1CCc1cc2ccccc2[nH]1. The Morgan fingerprint density at radius 1 is 0.926 bits per heavy atom. The van der Waals surface area contributed by atoms with Crippen molar-refractivity contribution in [1.29, 1.82) is 0 Å². The van der Waals surface area contributed by atoms with E-state index in [1.165, 1.54) is 42.5 Å². The summed E-state index contributed by atoms with van der Waals surface area (Å²) in [5, 5.41) is 3.14. The van der Waals surface area contributed by atoms with E-state index < -0.39 is 0 Å². The Morgan fingerprint density at radius 3 is 2.48 bits per heavy atom. The fourth-order valence-corrected chi connectivity index (χ4v) is 4.61. The number of hydrogen-bond acceptors (Lipinski definition) is 1. The minimum absolute atomic E-state index is 0.158. The Labute approximate surface area is 158 Å². The first-order valence-electron chi connectivity index (χ1n) is 9.99. The molecule has 0 bridgehead atoms. The van der Waals surface area contributed by atoms with Crippen LogP contribution in [0.15, 0.2) is 65.5 Å². The molecule has 1 aliphatic carbocycles. The molecular weight excluding hydrogens is 332 g/mol. The molecule has 0 amide bonds. The quantitative estimate of drug-likeness (QED) is 0.523. The molecule has 2 heterocycles. The Kier molecular flexibility index (Phi) is 4.08. The van der Waals surface area contributed by atoms with Gasteiger partial charge in [0.25, 0.3) is 5.56 Å². The highest BCUT2D eigenvalue weighted by molar-refractivity contribution is 5.82. The molecule has 0 saturated heterocycles. The number of aryl methyl sites for hydroxylation is 1. The molecule has 1 N–H and O–H groups in total. The summed E-state index contributed by atoms with van der Waals surface area (Å²) >= 11 is 0. The maximum absolute atomic E-state index is 13.3. The predicted octanol–water partition coefficient (Wildman–Crippen LogP) is 5.38. The fourth-order valence-electron chi connectivity index (χ4n) is 4.61. The third kappa shape index (κ3) is 2.97. The maximum atomic E-state index is 13.3. The van der Waals surface area contributed by atoms with Gasteiger partial charge in [0.1, 0.15) is 0 Å². The molecule has 4 aromatic rings. The third-order valence-corrected chi connectivity index (χ3v) is 6.02. The number of H-pyrrole nitrogens is 1. The molecule has 1 fully saturated rings. The first-order valence-corrected chi connectivity index (χ1v) is 9.99. The van der Waals surface area contributed by atoms with E-state index in [2.05, 4.69) is 47.4 Å². The van der Waals surface area contributed by atoms with Crippen molar-refractivity contribution in [2.75, 3.05) is 0 Å². The molecule has 136 valence electrons. The van der Waals surface area contributed by atoms with Gasteiger partial charge in [0.05, 0.1) is 0 Å². The Hall–Kier alpha value is -2.81. The molecular formula is C24H24N2O. The zero-order valence-corrected chi connectivity index (χ0v) is 15.4. The van der Waals surface area contributed by atoms with Gasteiger partial charge in [0.15, 0.2) is 0 Å². The van der Waals surface area contributed by atoms with Crippen molar-refractivity contribution in [3.05, 3.63) is 82.4 Å². The van der Waals surface area contributed by atoms with Gasteiger partial charge in [0.2, 0.25) is 0 Å². The van der Waals surface area contributed by atoms with Crippen LogP contribution in [0.25, 0.3) is 21.7 Å². The number of hydrogen-bond donors (Lipinski definition) is 1. The number of pyridine rings is 1. The van der Waals surface area contributed by atoms with E-state index in [9.17, 15) is 4.79 Å². The molecule has 3 heteroatoms. The molecule has 5 rings (SSSR count). The van der Waals surface area contributed by atoms with Crippen molar-refractivity contribution in [1.82, 2.24) is 9.55 Å². The average Bonchev–Trinajstić information content (AvgIpc) is 3.36. The lowest BCUT2D eigenvalue weighted by Crippen LogP contribution is -2.26. The molecule has 2 aromatic carbocycles. The highest BCUT2D eigenvalue weighted by Gasteiger charge is 2.22. The zero-order valence-electron chi connectivity index (χ0n) is 15.4. The van der Waals surface area contributed by atoms with Gasteiger partial charge in [-0.25, -0.2) is 0 Å². The highest BCUT2D eigenvalue weighted by atomic mass is 16.1. The molecule has 3 nitrogen and oxygen atoms in total. The lowest BCUT2D eigenvalue weighted by Gasteiger charge is -2.19. The number of fused-ring (bicyclic) bond motifs is 2. The minimum Gasteiger partial charge on any atom is -0.358 e. The van der Waals surface area contributed by atoms with Crippen LogP contribution < -0.4 is 5.56 Å². The van der Waals surface area contributed by atoms with Crippen LogP contribution in [0.3, 0.4) is 0 Å². The highest BCUT2D eigenvalue weighted by Crippen LogP contribution is 2.34. The Balaban J connectivity index is 1.54. The second-order valence-electron chi connectivity index (χ2n) is 7.73. The first kappa shape index (κ1) is 16.4. The number of para-hydroxylation sites is 1. The van der Waals surface area contributed by atoms with E-state index in [0.29, 0.717) is 5.92 Å². The van der Waals surface area contributed by atoms with Crippen molar-refractivity contribution in [2.45, 2.75) is 44.6 Å². The summed E-state index contributed by atoms with van der Waals surface area (Å²) in [5.74, 6) is 0.519. The lowest BCUT2D eigenvalue weighted by atomic mass is 10.00. The number of aromatic nitrogens is 2. The summed E-state index contributed by atoms with van der Waals surface area (Å²) in [5.41, 5.74) is 3.74. The van der Waals surface area contributed by atoms with E-state index in [-0.39, 0.29) is 5.56 Å². The first-order chi connectivity index (χ1) is 13.3. The van der Waals surface area contributed by atoms with Crippen LogP contribution in [0.4, 0.5) is 0 Å². The van der Waals surface area contributed by atoms with Crippen molar-refractivity contribution >= 4 is 21.7 Å². The maximum Gasteiger partial charge on any atom is 0.258 e. The van der Waals surface area contributed by atoms with Gasteiger partial charge in [-0.15, -0.1) is 0 Å². The predicted molar refractivity (Wildman–Crippen MR) is 111 cm³/mol. The Bertz CT molecular complexity index is 1130. The number of benzene rings is 2.